The van der Waals surface area contributed by atoms with Crippen molar-refractivity contribution < 1.29 is 18.5 Å². The van der Waals surface area contributed by atoms with Crippen molar-refractivity contribution in [1.29, 1.82) is 0 Å². The van der Waals surface area contributed by atoms with Crippen LogP contribution >= 0.6 is 0 Å². The van der Waals surface area contributed by atoms with Crippen molar-refractivity contribution in [3.05, 3.63) is 29.8 Å². The van der Waals surface area contributed by atoms with E-state index < -0.39 is 16.8 Å². The smallest absolute Gasteiger partial charge is 0.323 e. The fraction of sp³-hybridized carbons (Fsp3) is 0.500. The first-order valence-electron chi connectivity index (χ1n) is 7.66. The summed E-state index contributed by atoms with van der Waals surface area (Å²) in [5, 5.41) is 0. The van der Waals surface area contributed by atoms with Gasteiger partial charge in [0.15, 0.2) is 0 Å². The number of carbonyl (C=O) groups excluding carboxylic acids is 1. The summed E-state index contributed by atoms with van der Waals surface area (Å²) in [5.74, 6) is 6.76. The second-order valence-corrected chi connectivity index (χ2v) is 6.84. The van der Waals surface area contributed by atoms with Crippen molar-refractivity contribution in [3.63, 3.8) is 0 Å². The molecule has 0 saturated heterocycles. The summed E-state index contributed by atoms with van der Waals surface area (Å²) in [6.45, 7) is 2.76. The molecule has 0 aliphatic heterocycles. The Labute approximate surface area is 146 Å². The fourth-order valence-corrected chi connectivity index (χ4v) is 2.84. The van der Waals surface area contributed by atoms with Crippen LogP contribution in [0.2, 0.25) is 0 Å². The highest BCUT2D eigenvalue weighted by molar-refractivity contribution is 7.84. The van der Waals surface area contributed by atoms with E-state index in [0.29, 0.717) is 25.3 Å². The van der Waals surface area contributed by atoms with Gasteiger partial charge in [-0.15, -0.1) is 5.92 Å². The van der Waals surface area contributed by atoms with Crippen LogP contribution in [0, 0.1) is 11.8 Å². The molecule has 0 N–H and O–H groups in total. The van der Waals surface area contributed by atoms with Gasteiger partial charge in [-0.3, -0.25) is 13.9 Å². The van der Waals surface area contributed by atoms with Crippen LogP contribution in [0.15, 0.2) is 24.3 Å². The Morgan fingerprint density at radius 1 is 1.29 bits per heavy atom. The number of esters is 1. The maximum Gasteiger partial charge on any atom is 0.323 e. The van der Waals surface area contributed by atoms with Crippen LogP contribution in [-0.4, -0.2) is 53.9 Å². The van der Waals surface area contributed by atoms with Gasteiger partial charge in [-0.2, -0.15) is 0 Å². The normalized spacial score (nSPS) is 12.9. The Morgan fingerprint density at radius 3 is 2.46 bits per heavy atom. The minimum absolute atomic E-state index is 0.327. The Kier molecular flexibility index (Phi) is 9.13. The Hall–Kier alpha value is -1.84. The predicted octanol–water partition coefficient (Wildman–Crippen LogP) is 1.83. The standard InChI is InChI=1S/C18H25NO4S/c1-5-6-12-19(14-15-7-9-16(22-2)10-8-15)17(18(20)23-3)11-13-24(4)21/h7-10,17H,11-14H2,1-4H3/t17-,24?/m0/s1. The van der Waals surface area contributed by atoms with E-state index in [1.807, 2.05) is 29.2 Å². The van der Waals surface area contributed by atoms with Gasteiger partial charge >= 0.3 is 5.97 Å². The van der Waals surface area contributed by atoms with Gasteiger partial charge in [0.25, 0.3) is 0 Å². The van der Waals surface area contributed by atoms with E-state index in [1.54, 1.807) is 20.3 Å². The first-order chi connectivity index (χ1) is 11.5. The monoisotopic (exact) mass is 351 g/mol. The lowest BCUT2D eigenvalue weighted by Crippen LogP contribution is -2.42. The second kappa shape index (κ2) is 10.8. The number of methoxy groups -OCH3 is 2. The van der Waals surface area contributed by atoms with E-state index in [-0.39, 0.29) is 5.97 Å². The number of hydrogen-bond acceptors (Lipinski definition) is 5. The number of hydrogen-bond donors (Lipinski definition) is 0. The third kappa shape index (κ3) is 6.73. The summed E-state index contributed by atoms with van der Waals surface area (Å²) >= 11 is 0. The highest BCUT2D eigenvalue weighted by Crippen LogP contribution is 2.16. The first kappa shape index (κ1) is 20.2. The van der Waals surface area contributed by atoms with Gasteiger partial charge in [-0.25, -0.2) is 0 Å². The van der Waals surface area contributed by atoms with Crippen molar-refractivity contribution in [1.82, 2.24) is 4.90 Å². The summed E-state index contributed by atoms with van der Waals surface area (Å²) in [7, 11) is 2.03. The zero-order chi connectivity index (χ0) is 17.9. The van der Waals surface area contributed by atoms with Crippen LogP contribution in [0.3, 0.4) is 0 Å². The van der Waals surface area contributed by atoms with Crippen molar-refractivity contribution in [2.24, 2.45) is 0 Å². The SMILES string of the molecule is CC#CCN(Cc1ccc(OC)cc1)[C@@H](CCS(C)=O)C(=O)OC. The molecule has 0 aliphatic carbocycles. The molecule has 1 aromatic rings. The number of rotatable bonds is 9. The summed E-state index contributed by atoms with van der Waals surface area (Å²) < 4.78 is 21.5. The van der Waals surface area contributed by atoms with E-state index in [0.717, 1.165) is 11.3 Å². The van der Waals surface area contributed by atoms with Gasteiger partial charge in [-0.1, -0.05) is 18.1 Å². The van der Waals surface area contributed by atoms with Crippen molar-refractivity contribution in [3.8, 4) is 17.6 Å². The fourth-order valence-electron chi connectivity index (χ4n) is 2.29. The minimum atomic E-state index is -0.965. The van der Waals surface area contributed by atoms with E-state index in [4.69, 9.17) is 9.47 Å². The molecule has 24 heavy (non-hydrogen) atoms. The molecule has 0 bridgehead atoms. The van der Waals surface area contributed by atoms with Crippen molar-refractivity contribution >= 4 is 16.8 Å². The summed E-state index contributed by atoms with van der Waals surface area (Å²) in [5.41, 5.74) is 1.04. The zero-order valence-electron chi connectivity index (χ0n) is 14.7. The largest absolute Gasteiger partial charge is 0.497 e. The number of nitrogens with zero attached hydrogens (tertiary/aromatic N) is 1. The molecule has 6 heteroatoms. The van der Waals surface area contributed by atoms with E-state index in [9.17, 15) is 9.00 Å². The van der Waals surface area contributed by atoms with Crippen LogP contribution < -0.4 is 4.74 Å². The van der Waals surface area contributed by atoms with E-state index >= 15 is 0 Å². The van der Waals surface area contributed by atoms with Crippen LogP contribution in [0.5, 0.6) is 5.75 Å². The molecule has 0 aliphatic rings. The molecule has 132 valence electrons. The zero-order valence-corrected chi connectivity index (χ0v) is 15.5. The average Bonchev–Trinajstić information content (AvgIpc) is 2.59. The van der Waals surface area contributed by atoms with Crippen LogP contribution in [-0.2, 0) is 26.9 Å². The molecule has 0 spiro atoms. The molecule has 0 fully saturated rings. The van der Waals surface area contributed by atoms with Gasteiger partial charge in [-0.05, 0) is 31.0 Å². The molecule has 0 heterocycles. The van der Waals surface area contributed by atoms with Crippen LogP contribution in [0.1, 0.15) is 18.9 Å². The van der Waals surface area contributed by atoms with Gasteiger partial charge in [0, 0.05) is 29.4 Å². The molecule has 0 saturated carbocycles. The molecule has 1 unspecified atom stereocenters. The Morgan fingerprint density at radius 2 is 1.96 bits per heavy atom. The van der Waals surface area contributed by atoms with Crippen molar-refractivity contribution in [2.75, 3.05) is 32.8 Å². The highest BCUT2D eigenvalue weighted by Gasteiger charge is 2.26. The average molecular weight is 351 g/mol. The first-order valence-corrected chi connectivity index (χ1v) is 9.39. The molecule has 0 radical (unpaired) electrons. The van der Waals surface area contributed by atoms with Gasteiger partial charge in [0.05, 0.1) is 20.8 Å². The number of carbonyl (C=O) groups is 1. The molecule has 1 rings (SSSR count). The maximum absolute atomic E-state index is 12.2. The maximum atomic E-state index is 12.2. The van der Waals surface area contributed by atoms with Gasteiger partial charge in [0.2, 0.25) is 0 Å². The Bertz CT molecular complexity index is 604. The summed E-state index contributed by atoms with van der Waals surface area (Å²) in [6.07, 6.45) is 2.10. The molecular weight excluding hydrogens is 326 g/mol. The number of benzene rings is 1. The minimum Gasteiger partial charge on any atom is -0.497 e. The quantitative estimate of drug-likeness (QED) is 0.502. The lowest BCUT2D eigenvalue weighted by Gasteiger charge is -2.28. The second-order valence-electron chi connectivity index (χ2n) is 5.28. The molecule has 0 aromatic heterocycles. The van der Waals surface area contributed by atoms with Gasteiger partial charge < -0.3 is 9.47 Å². The predicted molar refractivity (Wildman–Crippen MR) is 96.2 cm³/mol. The van der Waals surface area contributed by atoms with Crippen molar-refractivity contribution in [2.45, 2.75) is 25.9 Å². The van der Waals surface area contributed by atoms with E-state index in [2.05, 4.69) is 11.8 Å². The lowest BCUT2D eigenvalue weighted by atomic mass is 10.1. The van der Waals surface area contributed by atoms with Gasteiger partial charge in [0.1, 0.15) is 11.8 Å². The van der Waals surface area contributed by atoms with Crippen LogP contribution in [0.4, 0.5) is 0 Å². The molecule has 1 aromatic carbocycles. The molecule has 0 amide bonds. The summed E-state index contributed by atoms with van der Waals surface area (Å²) in [4.78, 5) is 14.1. The molecule has 2 atom stereocenters. The Balaban J connectivity index is 2.97. The third-order valence-corrected chi connectivity index (χ3v) is 4.41. The topological polar surface area (TPSA) is 55.8 Å². The third-order valence-electron chi connectivity index (χ3n) is 3.60. The highest BCUT2D eigenvalue weighted by atomic mass is 32.2. The molecule has 5 nitrogen and oxygen atoms in total. The lowest BCUT2D eigenvalue weighted by molar-refractivity contribution is -0.147. The molecular formula is C18H25NO4S. The summed E-state index contributed by atoms with van der Waals surface area (Å²) in [6, 6.07) is 7.21. The van der Waals surface area contributed by atoms with Crippen LogP contribution in [0.25, 0.3) is 0 Å². The number of ether oxygens (including phenoxy) is 2. The van der Waals surface area contributed by atoms with E-state index in [1.165, 1.54) is 7.11 Å².